The Morgan fingerprint density at radius 2 is 2.00 bits per heavy atom. The summed E-state index contributed by atoms with van der Waals surface area (Å²) in [5.41, 5.74) is 0.569. The average molecular weight is 225 g/mol. The molecule has 1 amide bonds. The van der Waals surface area contributed by atoms with Gasteiger partial charge in [-0.05, 0) is 31.2 Å². The first-order chi connectivity index (χ1) is 7.72. The number of anilines is 1. The molecule has 2 N–H and O–H groups in total. The Morgan fingerprint density at radius 3 is 2.62 bits per heavy atom. The third-order valence-electron chi connectivity index (χ3n) is 1.78. The third kappa shape index (κ3) is 4.65. The highest BCUT2D eigenvalue weighted by Crippen LogP contribution is 2.13. The molecule has 5 nitrogen and oxygen atoms in total. The number of phenols is 1. The molecule has 0 heterocycles. The van der Waals surface area contributed by atoms with Crippen molar-refractivity contribution >= 4 is 11.8 Å². The molecule has 88 valence electrons. The van der Waals surface area contributed by atoms with E-state index in [-0.39, 0.29) is 12.4 Å². The highest BCUT2D eigenvalue weighted by atomic mass is 16.6. The summed E-state index contributed by atoms with van der Waals surface area (Å²) in [6, 6.07) is 6.13. The Hall–Kier alpha value is -1.75. The standard InChI is InChI=1S/C11H15NO4/c1-2-15-7-8-16-11(14)12-9-3-5-10(13)6-4-9/h3-6,13H,2,7-8H2,1H3,(H,12,14). The van der Waals surface area contributed by atoms with Crippen LogP contribution in [0.1, 0.15) is 6.92 Å². The number of aromatic hydroxyl groups is 1. The van der Waals surface area contributed by atoms with Crippen LogP contribution in [-0.4, -0.2) is 31.0 Å². The van der Waals surface area contributed by atoms with E-state index in [1.807, 2.05) is 6.92 Å². The Kier molecular flexibility index (Phi) is 5.15. The van der Waals surface area contributed by atoms with Gasteiger partial charge in [0.25, 0.3) is 0 Å². The van der Waals surface area contributed by atoms with Gasteiger partial charge < -0.3 is 14.6 Å². The number of hydrogen-bond acceptors (Lipinski definition) is 4. The van der Waals surface area contributed by atoms with Gasteiger partial charge >= 0.3 is 6.09 Å². The number of phenolic OH excluding ortho intramolecular Hbond substituents is 1. The number of hydrogen-bond donors (Lipinski definition) is 2. The minimum Gasteiger partial charge on any atom is -0.508 e. The Morgan fingerprint density at radius 1 is 1.31 bits per heavy atom. The van der Waals surface area contributed by atoms with Gasteiger partial charge in [-0.25, -0.2) is 4.79 Å². The van der Waals surface area contributed by atoms with Crippen LogP contribution in [0, 0.1) is 0 Å². The number of nitrogens with one attached hydrogen (secondary N) is 1. The van der Waals surface area contributed by atoms with Crippen molar-refractivity contribution in [2.45, 2.75) is 6.92 Å². The Balaban J connectivity index is 2.26. The zero-order valence-corrected chi connectivity index (χ0v) is 9.10. The second-order valence-electron chi connectivity index (χ2n) is 3.00. The summed E-state index contributed by atoms with van der Waals surface area (Å²) in [5, 5.41) is 11.5. The second kappa shape index (κ2) is 6.68. The van der Waals surface area contributed by atoms with Crippen molar-refractivity contribution < 1.29 is 19.4 Å². The fourth-order valence-corrected chi connectivity index (χ4v) is 1.04. The van der Waals surface area contributed by atoms with E-state index in [9.17, 15) is 4.79 Å². The summed E-state index contributed by atoms with van der Waals surface area (Å²) in [5.74, 6) is 0.148. The summed E-state index contributed by atoms with van der Waals surface area (Å²) in [7, 11) is 0. The molecule has 0 aliphatic rings. The molecular weight excluding hydrogens is 210 g/mol. The maximum Gasteiger partial charge on any atom is 0.411 e. The van der Waals surface area contributed by atoms with Crippen molar-refractivity contribution in [3.63, 3.8) is 0 Å². The van der Waals surface area contributed by atoms with Crippen LogP contribution < -0.4 is 5.32 Å². The minimum atomic E-state index is -0.537. The average Bonchev–Trinajstić information content (AvgIpc) is 2.28. The van der Waals surface area contributed by atoms with Crippen LogP contribution in [0.15, 0.2) is 24.3 Å². The van der Waals surface area contributed by atoms with E-state index in [2.05, 4.69) is 5.32 Å². The van der Waals surface area contributed by atoms with E-state index in [1.165, 1.54) is 12.1 Å². The maximum absolute atomic E-state index is 11.2. The highest BCUT2D eigenvalue weighted by Gasteiger charge is 2.02. The molecule has 0 atom stereocenters. The minimum absolute atomic E-state index is 0.148. The van der Waals surface area contributed by atoms with Crippen molar-refractivity contribution in [3.8, 4) is 5.75 Å². The normalized spacial score (nSPS) is 9.81. The first kappa shape index (κ1) is 12.3. The van der Waals surface area contributed by atoms with Gasteiger partial charge in [-0.3, -0.25) is 5.32 Å². The fourth-order valence-electron chi connectivity index (χ4n) is 1.04. The molecule has 0 radical (unpaired) electrons. The first-order valence-electron chi connectivity index (χ1n) is 5.03. The Labute approximate surface area is 94.0 Å². The van der Waals surface area contributed by atoms with Crippen LogP contribution in [0.2, 0.25) is 0 Å². The first-order valence-corrected chi connectivity index (χ1v) is 5.03. The molecule has 0 aliphatic carbocycles. The molecular formula is C11H15NO4. The predicted molar refractivity (Wildman–Crippen MR) is 59.6 cm³/mol. The summed E-state index contributed by atoms with van der Waals surface area (Å²) in [4.78, 5) is 11.2. The molecule has 0 saturated carbocycles. The third-order valence-corrected chi connectivity index (χ3v) is 1.78. The smallest absolute Gasteiger partial charge is 0.411 e. The molecule has 5 heteroatoms. The topological polar surface area (TPSA) is 67.8 Å². The zero-order valence-electron chi connectivity index (χ0n) is 9.10. The second-order valence-corrected chi connectivity index (χ2v) is 3.00. The number of carbonyl (C=O) groups excluding carboxylic acids is 1. The molecule has 0 bridgehead atoms. The van der Waals surface area contributed by atoms with E-state index in [4.69, 9.17) is 14.6 Å². The Bertz CT molecular complexity index is 323. The van der Waals surface area contributed by atoms with Crippen molar-refractivity contribution in [2.24, 2.45) is 0 Å². The lowest BCUT2D eigenvalue weighted by Gasteiger charge is -2.06. The molecule has 0 saturated heterocycles. The number of carbonyl (C=O) groups is 1. The predicted octanol–water partition coefficient (Wildman–Crippen LogP) is 1.98. The van der Waals surface area contributed by atoms with Gasteiger partial charge in [0.1, 0.15) is 12.4 Å². The molecule has 0 aromatic heterocycles. The van der Waals surface area contributed by atoms with E-state index in [1.54, 1.807) is 12.1 Å². The SMILES string of the molecule is CCOCCOC(=O)Nc1ccc(O)cc1. The zero-order chi connectivity index (χ0) is 11.8. The van der Waals surface area contributed by atoms with Crippen LogP contribution >= 0.6 is 0 Å². The molecule has 0 spiro atoms. The van der Waals surface area contributed by atoms with E-state index < -0.39 is 6.09 Å². The molecule has 1 rings (SSSR count). The number of rotatable bonds is 5. The molecule has 0 unspecified atom stereocenters. The lowest BCUT2D eigenvalue weighted by atomic mass is 10.3. The van der Waals surface area contributed by atoms with Gasteiger partial charge in [0.2, 0.25) is 0 Å². The van der Waals surface area contributed by atoms with Crippen LogP contribution in [0.3, 0.4) is 0 Å². The van der Waals surface area contributed by atoms with Crippen LogP contribution in [0.5, 0.6) is 5.75 Å². The van der Waals surface area contributed by atoms with Gasteiger partial charge in [0.15, 0.2) is 0 Å². The van der Waals surface area contributed by atoms with Gasteiger partial charge in [0.05, 0.1) is 6.61 Å². The number of ether oxygens (including phenoxy) is 2. The van der Waals surface area contributed by atoms with Crippen molar-refractivity contribution in [3.05, 3.63) is 24.3 Å². The van der Waals surface area contributed by atoms with Crippen molar-refractivity contribution in [1.29, 1.82) is 0 Å². The molecule has 1 aromatic carbocycles. The lowest BCUT2D eigenvalue weighted by molar-refractivity contribution is 0.0850. The van der Waals surface area contributed by atoms with Crippen LogP contribution in [-0.2, 0) is 9.47 Å². The summed E-state index contributed by atoms with van der Waals surface area (Å²) in [6.07, 6.45) is -0.537. The van der Waals surface area contributed by atoms with Crippen molar-refractivity contribution in [2.75, 3.05) is 25.1 Å². The van der Waals surface area contributed by atoms with E-state index in [0.717, 1.165) is 0 Å². The number of benzene rings is 1. The molecule has 16 heavy (non-hydrogen) atoms. The van der Waals surface area contributed by atoms with E-state index in [0.29, 0.717) is 18.9 Å². The van der Waals surface area contributed by atoms with Gasteiger partial charge in [-0.1, -0.05) is 0 Å². The van der Waals surface area contributed by atoms with Gasteiger partial charge in [0, 0.05) is 12.3 Å². The molecule has 1 aromatic rings. The monoisotopic (exact) mass is 225 g/mol. The summed E-state index contributed by atoms with van der Waals surface area (Å²) >= 11 is 0. The number of amides is 1. The lowest BCUT2D eigenvalue weighted by Crippen LogP contribution is -2.16. The molecule has 0 fully saturated rings. The van der Waals surface area contributed by atoms with E-state index >= 15 is 0 Å². The fraction of sp³-hybridized carbons (Fsp3) is 0.364. The van der Waals surface area contributed by atoms with Gasteiger partial charge in [-0.15, -0.1) is 0 Å². The van der Waals surface area contributed by atoms with Gasteiger partial charge in [-0.2, -0.15) is 0 Å². The largest absolute Gasteiger partial charge is 0.508 e. The van der Waals surface area contributed by atoms with Crippen LogP contribution in [0.4, 0.5) is 10.5 Å². The van der Waals surface area contributed by atoms with Crippen molar-refractivity contribution in [1.82, 2.24) is 0 Å². The highest BCUT2D eigenvalue weighted by molar-refractivity contribution is 5.84. The maximum atomic E-state index is 11.2. The quantitative estimate of drug-likeness (QED) is 0.594. The summed E-state index contributed by atoms with van der Waals surface area (Å²) in [6.45, 7) is 3.08. The molecule has 0 aliphatic heterocycles. The van der Waals surface area contributed by atoms with Crippen LogP contribution in [0.25, 0.3) is 0 Å². The summed E-state index contributed by atoms with van der Waals surface area (Å²) < 4.78 is 9.85.